The summed E-state index contributed by atoms with van der Waals surface area (Å²) in [5, 5.41) is 3.24. The van der Waals surface area contributed by atoms with Crippen molar-refractivity contribution in [1.82, 2.24) is 5.32 Å². The van der Waals surface area contributed by atoms with Gasteiger partial charge in [-0.2, -0.15) is 0 Å². The van der Waals surface area contributed by atoms with Gasteiger partial charge in [0.15, 0.2) is 0 Å². The summed E-state index contributed by atoms with van der Waals surface area (Å²) in [4.78, 5) is 0. The fourth-order valence-corrected chi connectivity index (χ4v) is 1.92. The van der Waals surface area contributed by atoms with Gasteiger partial charge in [-0.1, -0.05) is 32.0 Å². The number of benzene rings is 1. The predicted octanol–water partition coefficient (Wildman–Crippen LogP) is 3.47. The maximum atomic E-state index is 12.2. The maximum absolute atomic E-state index is 12.2. The largest absolute Gasteiger partial charge is 0.573 e. The first kappa shape index (κ1) is 13.2. The lowest BCUT2D eigenvalue weighted by Gasteiger charge is -2.14. The van der Waals surface area contributed by atoms with Crippen LogP contribution >= 0.6 is 0 Å². The Labute approximate surface area is 104 Å². The van der Waals surface area contributed by atoms with Gasteiger partial charge in [-0.3, -0.25) is 0 Å². The topological polar surface area (TPSA) is 21.3 Å². The van der Waals surface area contributed by atoms with E-state index in [4.69, 9.17) is 0 Å². The van der Waals surface area contributed by atoms with Gasteiger partial charge in [-0.15, -0.1) is 13.2 Å². The van der Waals surface area contributed by atoms with Crippen LogP contribution in [-0.4, -0.2) is 12.4 Å². The van der Waals surface area contributed by atoms with Crippen molar-refractivity contribution < 1.29 is 17.9 Å². The van der Waals surface area contributed by atoms with Crippen LogP contribution in [0.4, 0.5) is 13.2 Å². The lowest BCUT2D eigenvalue weighted by Crippen LogP contribution is -2.22. The summed E-state index contributed by atoms with van der Waals surface area (Å²) in [6, 6.07) is 6.59. The van der Waals surface area contributed by atoms with E-state index < -0.39 is 6.36 Å². The number of rotatable bonds is 4. The molecule has 1 saturated carbocycles. The highest BCUT2D eigenvalue weighted by Gasteiger charge is 2.45. The second-order valence-electron chi connectivity index (χ2n) is 5.28. The summed E-state index contributed by atoms with van der Waals surface area (Å²) in [6.45, 7) is 4.64. The van der Waals surface area contributed by atoms with Crippen molar-refractivity contribution in [1.29, 1.82) is 0 Å². The summed E-state index contributed by atoms with van der Waals surface area (Å²) in [7, 11) is 0. The Morgan fingerprint density at radius 2 is 1.94 bits per heavy atom. The molecule has 0 saturated heterocycles. The monoisotopic (exact) mass is 259 g/mol. The van der Waals surface area contributed by atoms with Gasteiger partial charge in [0.2, 0.25) is 0 Å². The van der Waals surface area contributed by atoms with Crippen LogP contribution in [0.2, 0.25) is 0 Å². The molecule has 0 heterocycles. The third-order valence-corrected chi connectivity index (χ3v) is 3.25. The van der Waals surface area contributed by atoms with E-state index in [0.29, 0.717) is 18.2 Å². The molecule has 1 aromatic rings. The van der Waals surface area contributed by atoms with Gasteiger partial charge in [0.1, 0.15) is 5.75 Å². The summed E-state index contributed by atoms with van der Waals surface area (Å²) >= 11 is 0. The number of ether oxygens (including phenoxy) is 1. The summed E-state index contributed by atoms with van der Waals surface area (Å²) in [5.41, 5.74) is 0.775. The number of nitrogens with one attached hydrogen (secondary N) is 1. The quantitative estimate of drug-likeness (QED) is 0.894. The fourth-order valence-electron chi connectivity index (χ4n) is 1.92. The van der Waals surface area contributed by atoms with Crippen molar-refractivity contribution in [3.8, 4) is 5.75 Å². The van der Waals surface area contributed by atoms with Gasteiger partial charge in [-0.25, -0.2) is 0 Å². The van der Waals surface area contributed by atoms with E-state index in [1.807, 2.05) is 0 Å². The number of para-hydroxylation sites is 1. The van der Waals surface area contributed by atoms with Gasteiger partial charge in [0, 0.05) is 18.2 Å². The third-order valence-electron chi connectivity index (χ3n) is 3.25. The van der Waals surface area contributed by atoms with Crippen LogP contribution in [-0.2, 0) is 6.54 Å². The average Bonchev–Trinajstić information content (AvgIpc) is 2.83. The molecule has 1 N–H and O–H groups in total. The number of hydrogen-bond donors (Lipinski definition) is 1. The van der Waals surface area contributed by atoms with Gasteiger partial charge < -0.3 is 10.1 Å². The lowest BCUT2D eigenvalue weighted by molar-refractivity contribution is -0.274. The number of halogens is 3. The molecule has 1 unspecified atom stereocenters. The van der Waals surface area contributed by atoms with Crippen LogP contribution in [0.3, 0.4) is 0 Å². The SMILES string of the molecule is CC1(C)CC1NCc1ccccc1OC(F)(F)F. The van der Waals surface area contributed by atoms with E-state index in [1.165, 1.54) is 12.1 Å². The van der Waals surface area contributed by atoms with Crippen molar-refractivity contribution in [2.45, 2.75) is 39.2 Å². The molecule has 18 heavy (non-hydrogen) atoms. The Bertz CT molecular complexity index is 428. The molecule has 1 atom stereocenters. The lowest BCUT2D eigenvalue weighted by atomic mass is 10.1. The van der Waals surface area contributed by atoms with Crippen LogP contribution in [0.1, 0.15) is 25.8 Å². The third kappa shape index (κ3) is 3.38. The number of alkyl halides is 3. The zero-order chi connectivity index (χ0) is 13.4. The molecule has 1 fully saturated rings. The molecule has 2 nitrogen and oxygen atoms in total. The standard InChI is InChI=1S/C13H16F3NO/c1-12(2)7-11(12)17-8-9-5-3-4-6-10(9)18-13(14,15)16/h3-6,11,17H,7-8H2,1-2H3. The molecule has 1 aromatic carbocycles. The number of hydrogen-bond acceptors (Lipinski definition) is 2. The van der Waals surface area contributed by atoms with Crippen molar-refractivity contribution in [2.75, 3.05) is 0 Å². The Kier molecular flexibility index (Phi) is 3.27. The zero-order valence-corrected chi connectivity index (χ0v) is 10.3. The van der Waals surface area contributed by atoms with E-state index in [-0.39, 0.29) is 11.2 Å². The highest BCUT2D eigenvalue weighted by atomic mass is 19.4. The van der Waals surface area contributed by atoms with E-state index >= 15 is 0 Å². The minimum Gasteiger partial charge on any atom is -0.405 e. The Morgan fingerprint density at radius 1 is 1.33 bits per heavy atom. The first-order valence-electron chi connectivity index (χ1n) is 5.85. The molecule has 2 rings (SSSR count). The molecular weight excluding hydrogens is 243 g/mol. The fraction of sp³-hybridized carbons (Fsp3) is 0.538. The predicted molar refractivity (Wildman–Crippen MR) is 62.2 cm³/mol. The normalized spacial score (nSPS) is 21.7. The van der Waals surface area contributed by atoms with Crippen LogP contribution in [0.25, 0.3) is 0 Å². The zero-order valence-electron chi connectivity index (χ0n) is 10.3. The van der Waals surface area contributed by atoms with Crippen molar-refractivity contribution >= 4 is 0 Å². The van der Waals surface area contributed by atoms with Crippen LogP contribution < -0.4 is 10.1 Å². The highest BCUT2D eigenvalue weighted by molar-refractivity contribution is 5.33. The molecule has 100 valence electrons. The maximum Gasteiger partial charge on any atom is 0.573 e. The van der Waals surface area contributed by atoms with E-state index in [0.717, 1.165) is 6.42 Å². The molecule has 0 spiro atoms. The molecule has 1 aliphatic rings. The van der Waals surface area contributed by atoms with Crippen molar-refractivity contribution in [2.24, 2.45) is 5.41 Å². The smallest absolute Gasteiger partial charge is 0.405 e. The summed E-state index contributed by atoms with van der Waals surface area (Å²) < 4.78 is 40.6. The average molecular weight is 259 g/mol. The first-order chi connectivity index (χ1) is 8.28. The van der Waals surface area contributed by atoms with E-state index in [2.05, 4.69) is 23.9 Å². The van der Waals surface area contributed by atoms with E-state index in [9.17, 15) is 13.2 Å². The Balaban J connectivity index is 1.99. The van der Waals surface area contributed by atoms with Crippen LogP contribution in [0.5, 0.6) is 5.75 Å². The van der Waals surface area contributed by atoms with Gasteiger partial charge in [-0.05, 0) is 17.9 Å². The van der Waals surface area contributed by atoms with Gasteiger partial charge in [0.05, 0.1) is 0 Å². The highest BCUT2D eigenvalue weighted by Crippen LogP contribution is 2.44. The minimum atomic E-state index is -4.64. The van der Waals surface area contributed by atoms with Crippen LogP contribution in [0, 0.1) is 5.41 Å². The summed E-state index contributed by atoms with van der Waals surface area (Å²) in [6.07, 6.45) is -3.59. The van der Waals surface area contributed by atoms with Gasteiger partial charge >= 0.3 is 6.36 Å². The van der Waals surface area contributed by atoms with Crippen LogP contribution in [0.15, 0.2) is 24.3 Å². The molecule has 0 aromatic heterocycles. The first-order valence-corrected chi connectivity index (χ1v) is 5.85. The molecule has 0 amide bonds. The molecule has 0 bridgehead atoms. The minimum absolute atomic E-state index is 0.129. The molecule has 5 heteroatoms. The molecular formula is C13H16F3NO. The second kappa shape index (κ2) is 4.46. The molecule has 0 radical (unpaired) electrons. The van der Waals surface area contributed by atoms with Gasteiger partial charge in [0.25, 0.3) is 0 Å². The van der Waals surface area contributed by atoms with Crippen molar-refractivity contribution in [3.05, 3.63) is 29.8 Å². The van der Waals surface area contributed by atoms with E-state index in [1.54, 1.807) is 12.1 Å². The Morgan fingerprint density at radius 3 is 2.50 bits per heavy atom. The second-order valence-corrected chi connectivity index (χ2v) is 5.28. The summed E-state index contributed by atoms with van der Waals surface area (Å²) in [5.74, 6) is -0.129. The van der Waals surface area contributed by atoms with Crippen molar-refractivity contribution in [3.63, 3.8) is 0 Å². The molecule has 0 aliphatic heterocycles. The Hall–Kier alpha value is -1.23. The molecule has 1 aliphatic carbocycles.